The summed E-state index contributed by atoms with van der Waals surface area (Å²) in [5, 5.41) is 12.9. The molecule has 1 amide bonds. The molecule has 2 aromatic carbocycles. The van der Waals surface area contributed by atoms with Gasteiger partial charge < -0.3 is 10.3 Å². The van der Waals surface area contributed by atoms with Crippen molar-refractivity contribution in [2.45, 2.75) is 25.4 Å². The lowest BCUT2D eigenvalue weighted by Gasteiger charge is -2.07. The average Bonchev–Trinajstić information content (AvgIpc) is 3.05. The Balaban J connectivity index is 1.50. The molecule has 4 aromatic rings. The number of hydrogen-bond acceptors (Lipinski definition) is 5. The Bertz CT molecular complexity index is 1140. The maximum Gasteiger partial charge on any atom is 0.234 e. The standard InChI is InChI=1S/C20H19N5OS/c1-3-13-8-9-16-14(10-13)18-19(22-16)23-20(25-24-18)27-11-17(26)21-15-7-5-4-6-12(15)2/h4-10H,3,11H2,1-2H3,(H,21,26)(H,22,23,25). The van der Waals surface area contributed by atoms with Gasteiger partial charge in [0.15, 0.2) is 5.65 Å². The lowest BCUT2D eigenvalue weighted by atomic mass is 10.1. The zero-order valence-corrected chi connectivity index (χ0v) is 15.9. The lowest BCUT2D eigenvalue weighted by Crippen LogP contribution is -2.15. The van der Waals surface area contributed by atoms with Crippen LogP contribution in [0.1, 0.15) is 18.1 Å². The van der Waals surface area contributed by atoms with Gasteiger partial charge in [0.05, 0.1) is 5.75 Å². The molecule has 2 N–H and O–H groups in total. The number of nitrogens with zero attached hydrogens (tertiary/aromatic N) is 3. The third kappa shape index (κ3) is 3.64. The average molecular weight is 377 g/mol. The van der Waals surface area contributed by atoms with E-state index in [2.05, 4.69) is 44.5 Å². The summed E-state index contributed by atoms with van der Waals surface area (Å²) in [6, 6.07) is 13.9. The molecule has 0 radical (unpaired) electrons. The van der Waals surface area contributed by atoms with Gasteiger partial charge in [-0.2, -0.15) is 0 Å². The minimum Gasteiger partial charge on any atom is -0.338 e. The topological polar surface area (TPSA) is 83.6 Å². The van der Waals surface area contributed by atoms with Crippen molar-refractivity contribution in [2.75, 3.05) is 11.1 Å². The molecule has 0 saturated heterocycles. The van der Waals surface area contributed by atoms with Crippen LogP contribution >= 0.6 is 11.8 Å². The summed E-state index contributed by atoms with van der Waals surface area (Å²) in [7, 11) is 0. The van der Waals surface area contributed by atoms with Gasteiger partial charge in [-0.25, -0.2) is 4.98 Å². The van der Waals surface area contributed by atoms with Gasteiger partial charge in [-0.05, 0) is 42.7 Å². The molecule has 0 fully saturated rings. The van der Waals surface area contributed by atoms with Gasteiger partial charge >= 0.3 is 0 Å². The molecule has 0 saturated carbocycles. The van der Waals surface area contributed by atoms with E-state index in [1.807, 2.05) is 37.3 Å². The van der Waals surface area contributed by atoms with Crippen molar-refractivity contribution in [1.82, 2.24) is 20.2 Å². The first-order valence-electron chi connectivity index (χ1n) is 8.77. The Morgan fingerprint density at radius 2 is 2.04 bits per heavy atom. The van der Waals surface area contributed by atoms with E-state index in [9.17, 15) is 4.79 Å². The minimum atomic E-state index is -0.0952. The maximum absolute atomic E-state index is 12.2. The van der Waals surface area contributed by atoms with Crippen LogP contribution < -0.4 is 5.32 Å². The number of hydrogen-bond donors (Lipinski definition) is 2. The smallest absolute Gasteiger partial charge is 0.234 e. The van der Waals surface area contributed by atoms with Crippen LogP contribution in [0.25, 0.3) is 22.1 Å². The molecule has 0 aliphatic rings. The van der Waals surface area contributed by atoms with E-state index in [-0.39, 0.29) is 11.7 Å². The van der Waals surface area contributed by atoms with E-state index < -0.39 is 0 Å². The van der Waals surface area contributed by atoms with Gasteiger partial charge in [0, 0.05) is 16.6 Å². The number of carbonyl (C=O) groups is 1. The molecule has 0 aliphatic carbocycles. The fourth-order valence-corrected chi connectivity index (χ4v) is 3.50. The van der Waals surface area contributed by atoms with Gasteiger partial charge in [-0.3, -0.25) is 4.79 Å². The van der Waals surface area contributed by atoms with Crippen LogP contribution in [-0.2, 0) is 11.2 Å². The Morgan fingerprint density at radius 3 is 2.85 bits per heavy atom. The van der Waals surface area contributed by atoms with Crippen LogP contribution in [-0.4, -0.2) is 31.8 Å². The van der Waals surface area contributed by atoms with Crippen molar-refractivity contribution in [3.63, 3.8) is 0 Å². The molecule has 0 aliphatic heterocycles. The third-order valence-electron chi connectivity index (χ3n) is 4.42. The fraction of sp³-hybridized carbons (Fsp3) is 0.200. The number of anilines is 1. The number of fused-ring (bicyclic) bond motifs is 3. The number of aromatic amines is 1. The Morgan fingerprint density at radius 1 is 1.19 bits per heavy atom. The molecule has 27 heavy (non-hydrogen) atoms. The lowest BCUT2D eigenvalue weighted by molar-refractivity contribution is -0.113. The predicted octanol–water partition coefficient (Wildman–Crippen LogP) is 4.11. The Hall–Kier alpha value is -2.93. The van der Waals surface area contributed by atoms with Crippen molar-refractivity contribution in [3.05, 3.63) is 53.6 Å². The summed E-state index contributed by atoms with van der Waals surface area (Å²) in [6.45, 7) is 4.08. The zero-order valence-electron chi connectivity index (χ0n) is 15.1. The van der Waals surface area contributed by atoms with Crippen molar-refractivity contribution in [2.24, 2.45) is 0 Å². The number of H-pyrrole nitrogens is 1. The number of nitrogens with one attached hydrogen (secondary N) is 2. The molecule has 0 spiro atoms. The molecule has 2 aromatic heterocycles. The van der Waals surface area contributed by atoms with Crippen molar-refractivity contribution >= 4 is 45.4 Å². The summed E-state index contributed by atoms with van der Waals surface area (Å²) in [4.78, 5) is 20.0. The maximum atomic E-state index is 12.2. The van der Waals surface area contributed by atoms with Gasteiger partial charge in [-0.15, -0.1) is 10.2 Å². The number of aromatic nitrogens is 4. The van der Waals surface area contributed by atoms with E-state index >= 15 is 0 Å². The number of para-hydroxylation sites is 1. The molecule has 2 heterocycles. The summed E-state index contributed by atoms with van der Waals surface area (Å²) >= 11 is 1.27. The number of amides is 1. The summed E-state index contributed by atoms with van der Waals surface area (Å²) < 4.78 is 0. The molecule has 6 nitrogen and oxygen atoms in total. The summed E-state index contributed by atoms with van der Waals surface area (Å²) in [6.07, 6.45) is 0.966. The second kappa shape index (κ2) is 7.36. The van der Waals surface area contributed by atoms with Gasteiger partial charge in [0.1, 0.15) is 5.52 Å². The van der Waals surface area contributed by atoms with Crippen LogP contribution in [0.4, 0.5) is 5.69 Å². The van der Waals surface area contributed by atoms with Crippen molar-refractivity contribution in [1.29, 1.82) is 0 Å². The monoisotopic (exact) mass is 377 g/mol. The second-order valence-electron chi connectivity index (χ2n) is 6.30. The SMILES string of the molecule is CCc1ccc2[nH]c3nc(SCC(=O)Nc4ccccc4C)nnc3c2c1. The highest BCUT2D eigenvalue weighted by Crippen LogP contribution is 2.25. The van der Waals surface area contributed by atoms with Crippen LogP contribution in [0, 0.1) is 6.92 Å². The van der Waals surface area contributed by atoms with Gasteiger partial charge in [0.25, 0.3) is 0 Å². The van der Waals surface area contributed by atoms with Crippen LogP contribution in [0.15, 0.2) is 47.6 Å². The largest absolute Gasteiger partial charge is 0.338 e. The zero-order chi connectivity index (χ0) is 18.8. The normalized spacial score (nSPS) is 11.2. The molecule has 0 unspecified atom stereocenters. The molecule has 136 valence electrons. The number of thioether (sulfide) groups is 1. The minimum absolute atomic E-state index is 0.0952. The summed E-state index contributed by atoms with van der Waals surface area (Å²) in [5.74, 6) is 0.129. The van der Waals surface area contributed by atoms with E-state index in [1.54, 1.807) is 0 Å². The van der Waals surface area contributed by atoms with Gasteiger partial charge in [-0.1, -0.05) is 43.0 Å². The first-order chi connectivity index (χ1) is 13.1. The van der Waals surface area contributed by atoms with E-state index in [4.69, 9.17) is 0 Å². The predicted molar refractivity (Wildman–Crippen MR) is 109 cm³/mol. The fourth-order valence-electron chi connectivity index (χ4n) is 2.91. The van der Waals surface area contributed by atoms with Crippen molar-refractivity contribution < 1.29 is 4.79 Å². The third-order valence-corrected chi connectivity index (χ3v) is 5.26. The highest BCUT2D eigenvalue weighted by Gasteiger charge is 2.12. The highest BCUT2D eigenvalue weighted by atomic mass is 32.2. The van der Waals surface area contributed by atoms with Crippen LogP contribution in [0.2, 0.25) is 0 Å². The van der Waals surface area contributed by atoms with Crippen LogP contribution in [0.5, 0.6) is 0 Å². The van der Waals surface area contributed by atoms with Gasteiger partial charge in [0.2, 0.25) is 11.1 Å². The quantitative estimate of drug-likeness (QED) is 0.512. The van der Waals surface area contributed by atoms with E-state index in [1.165, 1.54) is 17.3 Å². The molecule has 0 bridgehead atoms. The Kier molecular flexibility index (Phi) is 4.77. The van der Waals surface area contributed by atoms with E-state index in [0.29, 0.717) is 10.8 Å². The first-order valence-corrected chi connectivity index (χ1v) is 9.76. The molecule has 7 heteroatoms. The van der Waals surface area contributed by atoms with E-state index in [0.717, 1.165) is 34.1 Å². The molecular formula is C20H19N5OS. The number of benzene rings is 2. The summed E-state index contributed by atoms with van der Waals surface area (Å²) in [5.41, 5.74) is 5.53. The second-order valence-corrected chi connectivity index (χ2v) is 7.24. The molecular weight excluding hydrogens is 358 g/mol. The van der Waals surface area contributed by atoms with Crippen molar-refractivity contribution in [3.8, 4) is 0 Å². The molecule has 0 atom stereocenters. The number of rotatable bonds is 5. The highest BCUT2D eigenvalue weighted by molar-refractivity contribution is 7.99. The molecule has 4 rings (SSSR count). The number of aryl methyl sites for hydroxylation is 2. The first kappa shape index (κ1) is 17.5. The Labute approximate surface area is 160 Å². The number of carbonyl (C=O) groups excluding carboxylic acids is 1. The van der Waals surface area contributed by atoms with Crippen LogP contribution in [0.3, 0.4) is 0 Å².